The van der Waals surface area contributed by atoms with Crippen molar-refractivity contribution in [2.45, 2.75) is 32.4 Å². The van der Waals surface area contributed by atoms with E-state index in [1.165, 1.54) is 24.0 Å². The third-order valence-electron chi connectivity index (χ3n) is 5.07. The maximum absolute atomic E-state index is 14.0. The van der Waals surface area contributed by atoms with Gasteiger partial charge in [0.15, 0.2) is 0 Å². The number of benzene rings is 2. The molecule has 0 saturated carbocycles. The van der Waals surface area contributed by atoms with Gasteiger partial charge in [-0.05, 0) is 29.7 Å². The summed E-state index contributed by atoms with van der Waals surface area (Å²) in [5.41, 5.74) is 2.46. The van der Waals surface area contributed by atoms with Gasteiger partial charge in [0.2, 0.25) is 11.8 Å². The molecule has 2 amide bonds. The Morgan fingerprint density at radius 3 is 2.67 bits per heavy atom. The molecule has 1 heterocycles. The molecule has 0 fully saturated rings. The van der Waals surface area contributed by atoms with Crippen LogP contribution in [0.15, 0.2) is 42.5 Å². The number of rotatable bonds is 4. The van der Waals surface area contributed by atoms with Gasteiger partial charge in [-0.25, -0.2) is 4.39 Å². The fourth-order valence-electron chi connectivity index (χ4n) is 3.58. The van der Waals surface area contributed by atoms with E-state index in [-0.39, 0.29) is 30.8 Å². The van der Waals surface area contributed by atoms with Crippen LogP contribution in [0, 0.1) is 5.82 Å². The molecule has 27 heavy (non-hydrogen) atoms. The standard InChI is InChI=1S/C21H22ClFN2O2/c1-14(26)25-11-10-15-6-3-4-7-16(15)20(25)12-21(27)24(2)13-17-18(22)8-5-9-19(17)23/h3-9,20H,10-13H2,1-2H3. The third-order valence-corrected chi connectivity index (χ3v) is 5.42. The summed E-state index contributed by atoms with van der Waals surface area (Å²) in [6.45, 7) is 2.19. The van der Waals surface area contributed by atoms with Crippen LogP contribution >= 0.6 is 11.6 Å². The summed E-state index contributed by atoms with van der Waals surface area (Å²) >= 11 is 6.07. The van der Waals surface area contributed by atoms with Crippen molar-refractivity contribution in [1.82, 2.24) is 9.80 Å². The van der Waals surface area contributed by atoms with Crippen molar-refractivity contribution in [2.24, 2.45) is 0 Å². The Morgan fingerprint density at radius 2 is 1.96 bits per heavy atom. The fraction of sp³-hybridized carbons (Fsp3) is 0.333. The SMILES string of the molecule is CC(=O)N1CCc2ccccc2C1CC(=O)N(C)Cc1c(F)cccc1Cl. The zero-order valence-electron chi connectivity index (χ0n) is 15.4. The predicted molar refractivity (Wildman–Crippen MR) is 103 cm³/mol. The molecule has 0 aromatic heterocycles. The van der Waals surface area contributed by atoms with Gasteiger partial charge in [0, 0.05) is 37.6 Å². The smallest absolute Gasteiger partial charge is 0.225 e. The maximum Gasteiger partial charge on any atom is 0.225 e. The van der Waals surface area contributed by atoms with Crippen molar-refractivity contribution in [1.29, 1.82) is 0 Å². The van der Waals surface area contributed by atoms with E-state index in [0.717, 1.165) is 17.5 Å². The first-order chi connectivity index (χ1) is 12.9. The Labute approximate surface area is 163 Å². The number of hydrogen-bond donors (Lipinski definition) is 0. The van der Waals surface area contributed by atoms with E-state index in [1.807, 2.05) is 24.3 Å². The molecule has 0 aliphatic carbocycles. The van der Waals surface area contributed by atoms with E-state index in [0.29, 0.717) is 17.1 Å². The van der Waals surface area contributed by atoms with Crippen LogP contribution < -0.4 is 0 Å². The lowest BCUT2D eigenvalue weighted by Crippen LogP contribution is -2.41. The van der Waals surface area contributed by atoms with Crippen LogP contribution in [0.2, 0.25) is 5.02 Å². The molecule has 0 N–H and O–H groups in total. The zero-order chi connectivity index (χ0) is 19.6. The molecule has 2 aromatic carbocycles. The first-order valence-electron chi connectivity index (χ1n) is 8.90. The number of nitrogens with zero attached hydrogens (tertiary/aromatic N) is 2. The Kier molecular flexibility index (Phi) is 5.80. The first kappa shape index (κ1) is 19.4. The molecule has 1 atom stereocenters. The molecule has 6 heteroatoms. The summed E-state index contributed by atoms with van der Waals surface area (Å²) in [6.07, 6.45) is 0.931. The van der Waals surface area contributed by atoms with E-state index in [2.05, 4.69) is 0 Å². The molecule has 4 nitrogen and oxygen atoms in total. The third kappa shape index (κ3) is 4.14. The van der Waals surface area contributed by atoms with Crippen LogP contribution in [0.25, 0.3) is 0 Å². The molecule has 1 unspecified atom stereocenters. The van der Waals surface area contributed by atoms with Crippen LogP contribution in [0.1, 0.15) is 36.1 Å². The molecule has 0 saturated heterocycles. The van der Waals surface area contributed by atoms with Gasteiger partial charge in [-0.2, -0.15) is 0 Å². The molecule has 3 rings (SSSR count). The molecule has 2 aromatic rings. The highest BCUT2D eigenvalue weighted by Crippen LogP contribution is 2.33. The predicted octanol–water partition coefficient (Wildman–Crippen LogP) is 3.97. The molecule has 1 aliphatic rings. The van der Waals surface area contributed by atoms with Gasteiger partial charge in [0.1, 0.15) is 5.82 Å². The van der Waals surface area contributed by atoms with Crippen molar-refractivity contribution in [3.05, 3.63) is 70.0 Å². The van der Waals surface area contributed by atoms with Crippen molar-refractivity contribution in [2.75, 3.05) is 13.6 Å². The average molecular weight is 389 g/mol. The van der Waals surface area contributed by atoms with E-state index in [9.17, 15) is 14.0 Å². The van der Waals surface area contributed by atoms with E-state index < -0.39 is 5.82 Å². The Hall–Kier alpha value is -2.40. The minimum atomic E-state index is -0.435. The highest BCUT2D eigenvalue weighted by atomic mass is 35.5. The summed E-state index contributed by atoms with van der Waals surface area (Å²) in [5.74, 6) is -0.653. The number of carbonyl (C=O) groups excluding carboxylic acids is 2. The Balaban J connectivity index is 1.80. The maximum atomic E-state index is 14.0. The first-order valence-corrected chi connectivity index (χ1v) is 9.28. The van der Waals surface area contributed by atoms with Crippen LogP contribution in [-0.2, 0) is 22.6 Å². The van der Waals surface area contributed by atoms with Crippen LogP contribution in [0.5, 0.6) is 0 Å². The second-order valence-corrected chi connectivity index (χ2v) is 7.24. The monoisotopic (exact) mass is 388 g/mol. The van der Waals surface area contributed by atoms with Gasteiger partial charge < -0.3 is 9.80 Å². The zero-order valence-corrected chi connectivity index (χ0v) is 16.2. The number of amides is 2. The lowest BCUT2D eigenvalue weighted by molar-refractivity contribution is -0.136. The van der Waals surface area contributed by atoms with E-state index in [4.69, 9.17) is 11.6 Å². The average Bonchev–Trinajstić information content (AvgIpc) is 2.64. The van der Waals surface area contributed by atoms with Crippen molar-refractivity contribution >= 4 is 23.4 Å². The molecule has 0 bridgehead atoms. The normalized spacial score (nSPS) is 16.0. The number of hydrogen-bond acceptors (Lipinski definition) is 2. The fourth-order valence-corrected chi connectivity index (χ4v) is 3.80. The van der Waals surface area contributed by atoms with Gasteiger partial charge in [-0.15, -0.1) is 0 Å². The minimum absolute atomic E-state index is 0.0536. The van der Waals surface area contributed by atoms with Gasteiger partial charge in [0.25, 0.3) is 0 Å². The number of fused-ring (bicyclic) bond motifs is 1. The Morgan fingerprint density at radius 1 is 1.22 bits per heavy atom. The van der Waals surface area contributed by atoms with E-state index in [1.54, 1.807) is 18.0 Å². The lowest BCUT2D eigenvalue weighted by Gasteiger charge is -2.37. The van der Waals surface area contributed by atoms with Gasteiger partial charge in [0.05, 0.1) is 12.5 Å². The van der Waals surface area contributed by atoms with E-state index >= 15 is 0 Å². The topological polar surface area (TPSA) is 40.6 Å². The van der Waals surface area contributed by atoms with Crippen molar-refractivity contribution < 1.29 is 14.0 Å². The molecule has 0 spiro atoms. The van der Waals surface area contributed by atoms with Gasteiger partial charge in [-0.1, -0.05) is 41.9 Å². The molecular formula is C21H22ClFN2O2. The van der Waals surface area contributed by atoms with Crippen molar-refractivity contribution in [3.8, 4) is 0 Å². The summed E-state index contributed by atoms with van der Waals surface area (Å²) in [4.78, 5) is 28.1. The molecular weight excluding hydrogens is 367 g/mol. The van der Waals surface area contributed by atoms with Gasteiger partial charge in [-0.3, -0.25) is 9.59 Å². The molecule has 0 radical (unpaired) electrons. The minimum Gasteiger partial charge on any atom is -0.341 e. The van der Waals surface area contributed by atoms with Crippen LogP contribution in [0.3, 0.4) is 0 Å². The Bertz CT molecular complexity index is 851. The summed E-state index contributed by atoms with van der Waals surface area (Å²) in [5, 5.41) is 0.294. The summed E-state index contributed by atoms with van der Waals surface area (Å²) < 4.78 is 14.0. The highest BCUT2D eigenvalue weighted by Gasteiger charge is 2.31. The number of carbonyl (C=O) groups is 2. The second-order valence-electron chi connectivity index (χ2n) is 6.83. The highest BCUT2D eigenvalue weighted by molar-refractivity contribution is 6.31. The molecule has 1 aliphatic heterocycles. The molecule has 142 valence electrons. The van der Waals surface area contributed by atoms with Crippen LogP contribution in [0.4, 0.5) is 4.39 Å². The summed E-state index contributed by atoms with van der Waals surface area (Å²) in [7, 11) is 1.62. The number of halogens is 2. The second kappa shape index (κ2) is 8.09. The van der Waals surface area contributed by atoms with Gasteiger partial charge >= 0.3 is 0 Å². The summed E-state index contributed by atoms with van der Waals surface area (Å²) in [6, 6.07) is 12.0. The lowest BCUT2D eigenvalue weighted by atomic mass is 9.90. The van der Waals surface area contributed by atoms with Crippen LogP contribution in [-0.4, -0.2) is 35.2 Å². The van der Waals surface area contributed by atoms with Crippen molar-refractivity contribution in [3.63, 3.8) is 0 Å². The largest absolute Gasteiger partial charge is 0.341 e. The quantitative estimate of drug-likeness (QED) is 0.795.